The zero-order chi connectivity index (χ0) is 18.5. The molecular formula is C19H29NO4S. The lowest BCUT2D eigenvalue weighted by molar-refractivity contribution is -0.207. The molecule has 0 spiro atoms. The van der Waals surface area contributed by atoms with E-state index in [1.165, 1.54) is 0 Å². The lowest BCUT2D eigenvalue weighted by Gasteiger charge is -2.28. The number of thioether (sulfide) groups is 1. The number of aryl methyl sites for hydroxylation is 1. The standard InChI is InChI=1S/C19H29NO4S/c1-3-4-8-14-24-20(17(19(22)23)13-15-25-2)18(21)12-11-16-9-6-5-7-10-16/h5-7,9-10,17H,3-4,8,11-15H2,1-2H3,(H,22,23)/t17-/m0/s1. The van der Waals surface area contributed by atoms with Crippen molar-refractivity contribution in [2.75, 3.05) is 18.6 Å². The van der Waals surface area contributed by atoms with E-state index in [0.717, 1.165) is 29.9 Å². The van der Waals surface area contributed by atoms with Crippen molar-refractivity contribution in [3.8, 4) is 0 Å². The Morgan fingerprint density at radius 1 is 1.24 bits per heavy atom. The van der Waals surface area contributed by atoms with Gasteiger partial charge in [0.05, 0.1) is 6.61 Å². The molecule has 0 unspecified atom stereocenters. The smallest absolute Gasteiger partial charge is 0.329 e. The predicted molar refractivity (Wildman–Crippen MR) is 102 cm³/mol. The fourth-order valence-electron chi connectivity index (χ4n) is 2.43. The van der Waals surface area contributed by atoms with Gasteiger partial charge in [-0.1, -0.05) is 50.1 Å². The van der Waals surface area contributed by atoms with E-state index in [0.29, 0.717) is 25.2 Å². The Hall–Kier alpha value is -1.53. The van der Waals surface area contributed by atoms with Crippen molar-refractivity contribution in [3.05, 3.63) is 35.9 Å². The molecule has 0 radical (unpaired) electrons. The Bertz CT molecular complexity index is 509. The summed E-state index contributed by atoms with van der Waals surface area (Å²) in [7, 11) is 0. The molecule has 0 aliphatic carbocycles. The summed E-state index contributed by atoms with van der Waals surface area (Å²) < 4.78 is 0. The van der Waals surface area contributed by atoms with Crippen LogP contribution in [0.25, 0.3) is 0 Å². The molecule has 0 saturated carbocycles. The molecule has 1 amide bonds. The molecule has 0 aromatic heterocycles. The van der Waals surface area contributed by atoms with Crippen LogP contribution in [0, 0.1) is 0 Å². The lowest BCUT2D eigenvalue weighted by atomic mass is 10.1. The third-order valence-electron chi connectivity index (χ3n) is 3.86. The van der Waals surface area contributed by atoms with Crippen LogP contribution in [0.1, 0.15) is 44.6 Å². The highest BCUT2D eigenvalue weighted by Gasteiger charge is 2.30. The minimum atomic E-state index is -1.02. The topological polar surface area (TPSA) is 66.8 Å². The van der Waals surface area contributed by atoms with Gasteiger partial charge < -0.3 is 5.11 Å². The first-order chi connectivity index (χ1) is 12.1. The molecule has 0 aliphatic rings. The largest absolute Gasteiger partial charge is 0.480 e. The Morgan fingerprint density at radius 3 is 2.56 bits per heavy atom. The van der Waals surface area contributed by atoms with Gasteiger partial charge in [-0.3, -0.25) is 9.63 Å². The zero-order valence-corrected chi connectivity index (χ0v) is 16.0. The number of unbranched alkanes of at least 4 members (excludes halogenated alkanes) is 2. The number of amides is 1. The first-order valence-electron chi connectivity index (χ1n) is 8.80. The van der Waals surface area contributed by atoms with Gasteiger partial charge in [0, 0.05) is 6.42 Å². The Labute approximate surface area is 154 Å². The molecule has 0 fully saturated rings. The average molecular weight is 368 g/mol. The first kappa shape index (κ1) is 21.5. The summed E-state index contributed by atoms with van der Waals surface area (Å²) in [4.78, 5) is 29.9. The van der Waals surface area contributed by atoms with Crippen molar-refractivity contribution in [1.82, 2.24) is 5.06 Å². The van der Waals surface area contributed by atoms with E-state index in [4.69, 9.17) is 4.84 Å². The highest BCUT2D eigenvalue weighted by Crippen LogP contribution is 2.14. The molecule has 1 aromatic carbocycles. The van der Waals surface area contributed by atoms with Crippen LogP contribution < -0.4 is 0 Å². The number of carbonyl (C=O) groups is 2. The van der Waals surface area contributed by atoms with Crippen molar-refractivity contribution < 1.29 is 19.5 Å². The van der Waals surface area contributed by atoms with Gasteiger partial charge in [0.1, 0.15) is 0 Å². The minimum absolute atomic E-state index is 0.237. The molecule has 25 heavy (non-hydrogen) atoms. The summed E-state index contributed by atoms with van der Waals surface area (Å²) in [5, 5.41) is 10.6. The molecule has 1 atom stereocenters. The van der Waals surface area contributed by atoms with Gasteiger partial charge in [0.2, 0.25) is 5.91 Å². The van der Waals surface area contributed by atoms with Crippen molar-refractivity contribution in [2.24, 2.45) is 0 Å². The molecule has 1 aromatic rings. The average Bonchev–Trinajstić information content (AvgIpc) is 2.62. The van der Waals surface area contributed by atoms with E-state index in [2.05, 4.69) is 6.92 Å². The molecule has 0 saturated heterocycles. The number of carboxylic acids is 1. The summed E-state index contributed by atoms with van der Waals surface area (Å²) in [6.07, 6.45) is 5.96. The second-order valence-corrected chi connectivity index (χ2v) is 6.87. The fraction of sp³-hybridized carbons (Fsp3) is 0.579. The molecule has 140 valence electrons. The number of hydroxylamine groups is 2. The summed E-state index contributed by atoms with van der Waals surface area (Å²) in [6, 6.07) is 8.77. The van der Waals surface area contributed by atoms with E-state index in [-0.39, 0.29) is 12.3 Å². The van der Waals surface area contributed by atoms with Gasteiger partial charge in [0.15, 0.2) is 6.04 Å². The van der Waals surface area contributed by atoms with Crippen LogP contribution in [0.5, 0.6) is 0 Å². The van der Waals surface area contributed by atoms with Crippen LogP contribution in [-0.4, -0.2) is 46.7 Å². The molecule has 5 nitrogen and oxygen atoms in total. The van der Waals surface area contributed by atoms with Crippen LogP contribution in [0.15, 0.2) is 30.3 Å². The number of benzene rings is 1. The summed E-state index contributed by atoms with van der Waals surface area (Å²) in [6.45, 7) is 2.45. The molecule has 1 N–H and O–H groups in total. The Kier molecular flexibility index (Phi) is 11.0. The maximum atomic E-state index is 12.6. The van der Waals surface area contributed by atoms with E-state index in [9.17, 15) is 14.7 Å². The normalized spacial score (nSPS) is 11.9. The number of nitrogens with zero attached hydrogens (tertiary/aromatic N) is 1. The molecular weight excluding hydrogens is 338 g/mol. The number of hydrogen-bond acceptors (Lipinski definition) is 4. The molecule has 0 heterocycles. The number of rotatable bonds is 13. The third kappa shape index (κ3) is 8.40. The molecule has 0 bridgehead atoms. The van der Waals surface area contributed by atoms with Crippen molar-refractivity contribution in [1.29, 1.82) is 0 Å². The Morgan fingerprint density at radius 2 is 1.96 bits per heavy atom. The number of carboxylic acid groups (broad SMARTS) is 1. The quantitative estimate of drug-likeness (QED) is 0.424. The van der Waals surface area contributed by atoms with Crippen molar-refractivity contribution >= 4 is 23.6 Å². The zero-order valence-electron chi connectivity index (χ0n) is 15.1. The monoisotopic (exact) mass is 367 g/mol. The van der Waals surface area contributed by atoms with E-state index >= 15 is 0 Å². The maximum Gasteiger partial charge on any atom is 0.329 e. The number of aliphatic carboxylic acids is 1. The predicted octanol–water partition coefficient (Wildman–Crippen LogP) is 3.78. The fourth-order valence-corrected chi connectivity index (χ4v) is 2.89. The SMILES string of the molecule is CCCCCON(C(=O)CCc1ccccc1)[C@@H](CCSC)C(=O)O. The van der Waals surface area contributed by atoms with Gasteiger partial charge in [-0.05, 0) is 36.8 Å². The third-order valence-corrected chi connectivity index (χ3v) is 4.50. The molecule has 1 rings (SSSR count). The summed E-state index contributed by atoms with van der Waals surface area (Å²) in [5.41, 5.74) is 1.05. The first-order valence-corrected chi connectivity index (χ1v) is 10.2. The van der Waals surface area contributed by atoms with Gasteiger partial charge in [-0.25, -0.2) is 9.86 Å². The van der Waals surface area contributed by atoms with Crippen molar-refractivity contribution in [2.45, 2.75) is 51.5 Å². The molecule has 6 heteroatoms. The summed E-state index contributed by atoms with van der Waals surface area (Å²) in [5.74, 6) is -0.621. The summed E-state index contributed by atoms with van der Waals surface area (Å²) >= 11 is 1.56. The van der Waals surface area contributed by atoms with Gasteiger partial charge >= 0.3 is 5.97 Å². The van der Waals surface area contributed by atoms with Gasteiger partial charge in [0.25, 0.3) is 0 Å². The van der Waals surface area contributed by atoms with E-state index in [1.807, 2.05) is 36.6 Å². The number of hydrogen-bond donors (Lipinski definition) is 1. The number of carbonyl (C=O) groups excluding carboxylic acids is 1. The minimum Gasteiger partial charge on any atom is -0.480 e. The van der Waals surface area contributed by atoms with Crippen LogP contribution in [0.3, 0.4) is 0 Å². The van der Waals surface area contributed by atoms with Crippen LogP contribution in [0.4, 0.5) is 0 Å². The van der Waals surface area contributed by atoms with Crippen LogP contribution in [-0.2, 0) is 20.8 Å². The second kappa shape index (κ2) is 12.8. The van der Waals surface area contributed by atoms with E-state index < -0.39 is 12.0 Å². The van der Waals surface area contributed by atoms with Gasteiger partial charge in [-0.2, -0.15) is 11.8 Å². The highest BCUT2D eigenvalue weighted by molar-refractivity contribution is 7.98. The lowest BCUT2D eigenvalue weighted by Crippen LogP contribution is -2.45. The maximum absolute atomic E-state index is 12.6. The Balaban J connectivity index is 2.72. The van der Waals surface area contributed by atoms with Crippen LogP contribution >= 0.6 is 11.8 Å². The van der Waals surface area contributed by atoms with Gasteiger partial charge in [-0.15, -0.1) is 0 Å². The highest BCUT2D eigenvalue weighted by atomic mass is 32.2. The van der Waals surface area contributed by atoms with Crippen LogP contribution in [0.2, 0.25) is 0 Å². The van der Waals surface area contributed by atoms with E-state index in [1.54, 1.807) is 11.8 Å². The second-order valence-electron chi connectivity index (χ2n) is 5.88. The molecule has 0 aliphatic heterocycles. The van der Waals surface area contributed by atoms with Crippen molar-refractivity contribution in [3.63, 3.8) is 0 Å².